The van der Waals surface area contributed by atoms with Crippen LogP contribution in [0.15, 0.2) is 18.6 Å². The molecule has 2 aliphatic heterocycles. The molecule has 2 saturated heterocycles. The Hall–Kier alpha value is -1.86. The highest BCUT2D eigenvalue weighted by Gasteiger charge is 2.51. The second-order valence-electron chi connectivity index (χ2n) is 10.5. The Labute approximate surface area is 188 Å². The largest absolute Gasteiger partial charge is 0.444 e. The van der Waals surface area contributed by atoms with Gasteiger partial charge in [0, 0.05) is 44.0 Å². The van der Waals surface area contributed by atoms with Crippen molar-refractivity contribution in [3.05, 3.63) is 23.7 Å². The fraction of sp³-hybridized carbons (Fsp3) is 0.696. The predicted octanol–water partition coefficient (Wildman–Crippen LogP) is 4.51. The molecule has 2 aromatic heterocycles. The van der Waals surface area contributed by atoms with Gasteiger partial charge in [0.05, 0.1) is 5.39 Å². The average Bonchev–Trinajstić information content (AvgIpc) is 3.42. The van der Waals surface area contributed by atoms with Gasteiger partial charge in [-0.15, -0.1) is 0 Å². The van der Waals surface area contributed by atoms with Gasteiger partial charge in [0.2, 0.25) is 0 Å². The summed E-state index contributed by atoms with van der Waals surface area (Å²) < 4.78 is 7.88. The molecule has 8 heteroatoms. The van der Waals surface area contributed by atoms with Crippen LogP contribution in [0.25, 0.3) is 11.0 Å². The molecule has 0 bridgehead atoms. The van der Waals surface area contributed by atoms with E-state index in [0.717, 1.165) is 50.1 Å². The zero-order valence-electron chi connectivity index (χ0n) is 18.7. The molecule has 3 unspecified atom stereocenters. The summed E-state index contributed by atoms with van der Waals surface area (Å²) >= 11 is 6.23. The maximum absolute atomic E-state index is 12.5. The van der Waals surface area contributed by atoms with Gasteiger partial charge >= 0.3 is 6.09 Å². The topological polar surface area (TPSA) is 63.5 Å². The second kappa shape index (κ2) is 7.62. The molecule has 3 fully saturated rings. The summed E-state index contributed by atoms with van der Waals surface area (Å²) in [6, 6.07) is 2.49. The van der Waals surface area contributed by atoms with E-state index in [1.165, 1.54) is 19.3 Å². The third-order valence-corrected chi connectivity index (χ3v) is 7.65. The minimum atomic E-state index is -0.442. The lowest BCUT2D eigenvalue weighted by molar-refractivity contribution is -0.0226. The first-order valence-electron chi connectivity index (χ1n) is 11.4. The molecule has 0 N–H and O–H groups in total. The molecule has 4 heterocycles. The van der Waals surface area contributed by atoms with E-state index in [9.17, 15) is 4.79 Å². The number of hydrogen-bond acceptors (Lipinski definition) is 5. The van der Waals surface area contributed by atoms with Crippen LogP contribution in [0, 0.1) is 5.92 Å². The highest BCUT2D eigenvalue weighted by molar-refractivity contribution is 6.33. The van der Waals surface area contributed by atoms with E-state index in [1.54, 1.807) is 6.33 Å². The fourth-order valence-corrected chi connectivity index (χ4v) is 5.88. The van der Waals surface area contributed by atoms with Crippen LogP contribution in [-0.4, -0.2) is 67.7 Å². The number of hydrogen-bond donors (Lipinski definition) is 0. The Morgan fingerprint density at radius 1 is 1.26 bits per heavy atom. The molecule has 31 heavy (non-hydrogen) atoms. The van der Waals surface area contributed by atoms with E-state index in [1.807, 2.05) is 31.7 Å². The SMILES string of the molecule is CC(C)(C)OC(=O)N1CCC2(CCN2CC2CCC(n3ccc4c(Cl)ncnc43)C2)C1. The van der Waals surface area contributed by atoms with Crippen LogP contribution >= 0.6 is 11.6 Å². The Morgan fingerprint density at radius 3 is 2.81 bits per heavy atom. The molecular formula is C23H32ClN5O2. The molecule has 0 radical (unpaired) electrons. The number of aromatic nitrogens is 3. The van der Waals surface area contributed by atoms with E-state index < -0.39 is 5.60 Å². The van der Waals surface area contributed by atoms with Gasteiger partial charge in [-0.1, -0.05) is 11.6 Å². The van der Waals surface area contributed by atoms with Gasteiger partial charge in [-0.25, -0.2) is 14.8 Å². The van der Waals surface area contributed by atoms with Crippen LogP contribution < -0.4 is 0 Å². The molecule has 1 saturated carbocycles. The fourth-order valence-electron chi connectivity index (χ4n) is 5.69. The molecule has 5 rings (SSSR count). The molecule has 1 spiro atoms. The van der Waals surface area contributed by atoms with Gasteiger partial charge < -0.3 is 14.2 Å². The Bertz CT molecular complexity index is 986. The van der Waals surface area contributed by atoms with Crippen LogP contribution in [0.5, 0.6) is 0 Å². The van der Waals surface area contributed by atoms with Crippen LogP contribution in [-0.2, 0) is 4.74 Å². The van der Waals surface area contributed by atoms with Crippen molar-refractivity contribution in [3.63, 3.8) is 0 Å². The molecule has 168 valence electrons. The van der Waals surface area contributed by atoms with Crippen molar-refractivity contribution in [1.29, 1.82) is 0 Å². The van der Waals surface area contributed by atoms with E-state index in [-0.39, 0.29) is 11.6 Å². The number of likely N-dealkylation sites (tertiary alicyclic amines) is 2. The molecule has 1 aliphatic carbocycles. The normalized spacial score (nSPS) is 29.1. The van der Waals surface area contributed by atoms with Gasteiger partial charge in [-0.2, -0.15) is 0 Å². The Kier molecular flexibility index (Phi) is 5.17. The highest BCUT2D eigenvalue weighted by atomic mass is 35.5. The summed E-state index contributed by atoms with van der Waals surface area (Å²) in [6.07, 6.45) is 9.28. The standard InChI is InChI=1S/C23H32ClN5O2/c1-22(2,3)31-21(30)27-10-7-23(14-27)8-11-28(23)13-16-4-5-17(12-16)29-9-6-18-19(24)25-15-26-20(18)29/h6,9,15-17H,4-5,7-8,10-14H2,1-3H3. The summed E-state index contributed by atoms with van der Waals surface area (Å²) in [7, 11) is 0. The van der Waals surface area contributed by atoms with Crippen molar-refractivity contribution < 1.29 is 9.53 Å². The monoisotopic (exact) mass is 445 g/mol. The summed E-state index contributed by atoms with van der Waals surface area (Å²) in [5.41, 5.74) is 0.661. The van der Waals surface area contributed by atoms with Crippen molar-refractivity contribution in [2.24, 2.45) is 5.92 Å². The van der Waals surface area contributed by atoms with E-state index >= 15 is 0 Å². The molecular weight excluding hydrogens is 414 g/mol. The second-order valence-corrected chi connectivity index (χ2v) is 10.9. The lowest BCUT2D eigenvalue weighted by atomic mass is 9.82. The number of carbonyl (C=O) groups is 1. The van der Waals surface area contributed by atoms with Gasteiger partial charge in [0.15, 0.2) is 0 Å². The van der Waals surface area contributed by atoms with E-state index in [4.69, 9.17) is 16.3 Å². The first-order chi connectivity index (χ1) is 14.7. The van der Waals surface area contributed by atoms with Gasteiger partial charge in [0.25, 0.3) is 0 Å². The summed E-state index contributed by atoms with van der Waals surface area (Å²) in [5, 5.41) is 1.46. The minimum absolute atomic E-state index is 0.163. The number of fused-ring (bicyclic) bond motifs is 1. The third kappa shape index (κ3) is 3.91. The van der Waals surface area contributed by atoms with Crippen molar-refractivity contribution in [2.75, 3.05) is 26.2 Å². The smallest absolute Gasteiger partial charge is 0.410 e. The Morgan fingerprint density at radius 2 is 2.06 bits per heavy atom. The maximum Gasteiger partial charge on any atom is 0.410 e. The van der Waals surface area contributed by atoms with E-state index in [0.29, 0.717) is 17.1 Å². The first kappa shape index (κ1) is 21.0. The van der Waals surface area contributed by atoms with Gasteiger partial charge in [-0.3, -0.25) is 4.90 Å². The number of rotatable bonds is 3. The lowest BCUT2D eigenvalue weighted by Crippen LogP contribution is -2.62. The lowest BCUT2D eigenvalue weighted by Gasteiger charge is -2.51. The third-order valence-electron chi connectivity index (χ3n) is 7.35. The number of halogens is 1. The summed E-state index contributed by atoms with van der Waals surface area (Å²) in [5.74, 6) is 0.674. The van der Waals surface area contributed by atoms with Crippen LogP contribution in [0.3, 0.4) is 0 Å². The Balaban J connectivity index is 1.20. The molecule has 2 aromatic rings. The molecule has 0 aromatic carbocycles. The highest BCUT2D eigenvalue weighted by Crippen LogP contribution is 2.43. The molecule has 1 amide bonds. The van der Waals surface area contributed by atoms with Crippen molar-refractivity contribution in [1.82, 2.24) is 24.3 Å². The van der Waals surface area contributed by atoms with Gasteiger partial charge in [-0.05, 0) is 64.9 Å². The minimum Gasteiger partial charge on any atom is -0.444 e. The molecule has 3 aliphatic rings. The van der Waals surface area contributed by atoms with E-state index in [2.05, 4.69) is 25.6 Å². The zero-order chi connectivity index (χ0) is 21.8. The predicted molar refractivity (Wildman–Crippen MR) is 120 cm³/mol. The van der Waals surface area contributed by atoms with Crippen molar-refractivity contribution >= 4 is 28.7 Å². The number of amides is 1. The van der Waals surface area contributed by atoms with Crippen LogP contribution in [0.1, 0.15) is 58.9 Å². The average molecular weight is 446 g/mol. The summed E-state index contributed by atoms with van der Waals surface area (Å²) in [6.45, 7) is 9.64. The maximum atomic E-state index is 12.5. The zero-order valence-corrected chi connectivity index (χ0v) is 19.4. The number of ether oxygens (including phenoxy) is 1. The van der Waals surface area contributed by atoms with Crippen molar-refractivity contribution in [3.8, 4) is 0 Å². The number of carbonyl (C=O) groups excluding carboxylic acids is 1. The first-order valence-corrected chi connectivity index (χ1v) is 11.8. The number of nitrogens with zero attached hydrogens (tertiary/aromatic N) is 5. The van der Waals surface area contributed by atoms with Crippen molar-refractivity contribution in [2.45, 2.75) is 70.1 Å². The van der Waals surface area contributed by atoms with Gasteiger partial charge in [0.1, 0.15) is 22.7 Å². The van der Waals surface area contributed by atoms with Crippen LogP contribution in [0.2, 0.25) is 5.15 Å². The summed E-state index contributed by atoms with van der Waals surface area (Å²) in [4.78, 5) is 25.6. The molecule has 7 nitrogen and oxygen atoms in total. The van der Waals surface area contributed by atoms with Crippen LogP contribution in [0.4, 0.5) is 4.79 Å². The molecule has 3 atom stereocenters. The quantitative estimate of drug-likeness (QED) is 0.650.